The predicted molar refractivity (Wildman–Crippen MR) is 119 cm³/mol. The Morgan fingerprint density at radius 3 is 2.45 bits per heavy atom. The van der Waals surface area contributed by atoms with Gasteiger partial charge in [-0.3, -0.25) is 9.59 Å². The van der Waals surface area contributed by atoms with Crippen molar-refractivity contribution in [3.05, 3.63) is 87.9 Å². The second-order valence-corrected chi connectivity index (χ2v) is 7.94. The third kappa shape index (κ3) is 5.76. The van der Waals surface area contributed by atoms with Crippen LogP contribution in [0, 0.1) is 0 Å². The number of anilines is 1. The SMILES string of the molecule is COc1cccc(C(=O)CSc2ccc(NC(=O)c3ccc(Cl)cc3Cl)cc2)c1. The molecule has 0 heterocycles. The van der Waals surface area contributed by atoms with Crippen LogP contribution in [0.15, 0.2) is 71.6 Å². The molecule has 0 aliphatic carbocycles. The van der Waals surface area contributed by atoms with Crippen LogP contribution >= 0.6 is 35.0 Å². The van der Waals surface area contributed by atoms with Gasteiger partial charge in [-0.15, -0.1) is 11.8 Å². The summed E-state index contributed by atoms with van der Waals surface area (Å²) in [5.41, 5.74) is 1.59. The molecule has 3 aromatic carbocycles. The van der Waals surface area contributed by atoms with Crippen LogP contribution in [0.5, 0.6) is 5.75 Å². The fraction of sp³-hybridized carbons (Fsp3) is 0.0909. The fourth-order valence-corrected chi connectivity index (χ4v) is 3.82. The van der Waals surface area contributed by atoms with Crippen molar-refractivity contribution < 1.29 is 14.3 Å². The van der Waals surface area contributed by atoms with Crippen molar-refractivity contribution in [2.45, 2.75) is 4.90 Å². The number of ether oxygens (including phenoxy) is 1. The predicted octanol–water partition coefficient (Wildman–Crippen LogP) is 6.23. The molecule has 0 spiro atoms. The second-order valence-electron chi connectivity index (χ2n) is 6.05. The van der Waals surface area contributed by atoms with E-state index < -0.39 is 0 Å². The number of methoxy groups -OCH3 is 1. The van der Waals surface area contributed by atoms with Crippen molar-refractivity contribution in [3.8, 4) is 5.75 Å². The summed E-state index contributed by atoms with van der Waals surface area (Å²) in [6.45, 7) is 0. The van der Waals surface area contributed by atoms with E-state index in [1.54, 1.807) is 55.6 Å². The van der Waals surface area contributed by atoms with Gasteiger partial charge in [-0.25, -0.2) is 0 Å². The van der Waals surface area contributed by atoms with Crippen LogP contribution in [0.3, 0.4) is 0 Å². The molecule has 0 unspecified atom stereocenters. The molecule has 148 valence electrons. The van der Waals surface area contributed by atoms with Crippen LogP contribution in [-0.2, 0) is 0 Å². The highest BCUT2D eigenvalue weighted by Crippen LogP contribution is 2.24. The highest BCUT2D eigenvalue weighted by Gasteiger charge is 2.12. The standard InChI is InChI=1S/C22H17Cl2NO3S/c1-28-17-4-2-3-14(11-17)21(26)13-29-18-8-6-16(7-9-18)25-22(27)19-10-5-15(23)12-20(19)24/h2-12H,13H2,1H3,(H,25,27). The number of carbonyl (C=O) groups excluding carboxylic acids is 2. The first-order chi connectivity index (χ1) is 14.0. The number of amides is 1. The van der Waals surface area contributed by atoms with E-state index in [9.17, 15) is 9.59 Å². The van der Waals surface area contributed by atoms with Gasteiger partial charge in [-0.1, -0.05) is 35.3 Å². The van der Waals surface area contributed by atoms with E-state index in [1.807, 2.05) is 12.1 Å². The minimum atomic E-state index is -0.319. The van der Waals surface area contributed by atoms with Gasteiger partial charge >= 0.3 is 0 Å². The molecular formula is C22H17Cl2NO3S. The number of Topliss-reactive ketones (excluding diaryl/α,β-unsaturated/α-hetero) is 1. The molecule has 0 atom stereocenters. The van der Waals surface area contributed by atoms with E-state index in [2.05, 4.69) is 5.32 Å². The van der Waals surface area contributed by atoms with Crippen LogP contribution in [0.2, 0.25) is 10.0 Å². The molecule has 0 radical (unpaired) electrons. The second kappa shape index (κ2) is 9.83. The smallest absolute Gasteiger partial charge is 0.257 e. The van der Waals surface area contributed by atoms with Gasteiger partial charge in [0.1, 0.15) is 5.75 Å². The Morgan fingerprint density at radius 2 is 1.76 bits per heavy atom. The Bertz CT molecular complexity index is 1040. The molecule has 0 aliphatic heterocycles. The third-order valence-electron chi connectivity index (χ3n) is 4.05. The lowest BCUT2D eigenvalue weighted by Gasteiger charge is -2.08. The number of nitrogens with one attached hydrogen (secondary N) is 1. The molecule has 0 fully saturated rings. The van der Waals surface area contributed by atoms with E-state index in [1.165, 1.54) is 17.8 Å². The zero-order valence-electron chi connectivity index (χ0n) is 15.4. The van der Waals surface area contributed by atoms with Crippen molar-refractivity contribution in [1.82, 2.24) is 0 Å². The highest BCUT2D eigenvalue weighted by atomic mass is 35.5. The van der Waals surface area contributed by atoms with Crippen molar-refractivity contribution in [3.63, 3.8) is 0 Å². The van der Waals surface area contributed by atoms with Crippen LogP contribution < -0.4 is 10.1 Å². The van der Waals surface area contributed by atoms with E-state index in [-0.39, 0.29) is 11.7 Å². The van der Waals surface area contributed by atoms with Crippen LogP contribution in [0.4, 0.5) is 5.69 Å². The minimum absolute atomic E-state index is 0.0173. The molecule has 1 N–H and O–H groups in total. The molecule has 0 aliphatic rings. The molecular weight excluding hydrogens is 429 g/mol. The summed E-state index contributed by atoms with van der Waals surface area (Å²) in [5.74, 6) is 0.657. The number of hydrogen-bond acceptors (Lipinski definition) is 4. The molecule has 0 saturated heterocycles. The minimum Gasteiger partial charge on any atom is -0.497 e. The van der Waals surface area contributed by atoms with Crippen molar-refractivity contribution in [1.29, 1.82) is 0 Å². The highest BCUT2D eigenvalue weighted by molar-refractivity contribution is 8.00. The van der Waals surface area contributed by atoms with Crippen LogP contribution in [-0.4, -0.2) is 24.6 Å². The van der Waals surface area contributed by atoms with E-state index >= 15 is 0 Å². The summed E-state index contributed by atoms with van der Waals surface area (Å²) >= 11 is 13.4. The van der Waals surface area contributed by atoms with E-state index in [0.717, 1.165) is 4.90 Å². The van der Waals surface area contributed by atoms with Crippen molar-refractivity contribution in [2.75, 3.05) is 18.2 Å². The average Bonchev–Trinajstić information content (AvgIpc) is 2.73. The topological polar surface area (TPSA) is 55.4 Å². The van der Waals surface area contributed by atoms with Gasteiger partial charge in [0.05, 0.1) is 23.4 Å². The monoisotopic (exact) mass is 445 g/mol. The summed E-state index contributed by atoms with van der Waals surface area (Å²) in [6, 6.07) is 19.1. The van der Waals surface area contributed by atoms with Gasteiger partial charge < -0.3 is 10.1 Å². The number of thioether (sulfide) groups is 1. The summed E-state index contributed by atoms with van der Waals surface area (Å²) in [6.07, 6.45) is 0. The lowest BCUT2D eigenvalue weighted by Crippen LogP contribution is -2.12. The van der Waals surface area contributed by atoms with Gasteiger partial charge in [0.15, 0.2) is 5.78 Å². The number of rotatable bonds is 7. The summed E-state index contributed by atoms with van der Waals surface area (Å²) in [5, 5.41) is 3.55. The normalized spacial score (nSPS) is 10.4. The Morgan fingerprint density at radius 1 is 1.00 bits per heavy atom. The Hall–Kier alpha value is -2.47. The molecule has 3 aromatic rings. The van der Waals surface area contributed by atoms with Gasteiger partial charge in [0.2, 0.25) is 0 Å². The average molecular weight is 446 g/mol. The van der Waals surface area contributed by atoms with Crippen molar-refractivity contribution in [2.24, 2.45) is 0 Å². The first kappa shape index (κ1) is 21.2. The zero-order chi connectivity index (χ0) is 20.8. The van der Waals surface area contributed by atoms with Crippen LogP contribution in [0.1, 0.15) is 20.7 Å². The molecule has 29 heavy (non-hydrogen) atoms. The summed E-state index contributed by atoms with van der Waals surface area (Å²) in [4.78, 5) is 25.6. The molecule has 7 heteroatoms. The number of carbonyl (C=O) groups is 2. The van der Waals surface area contributed by atoms with Gasteiger partial charge in [-0.05, 0) is 54.6 Å². The quantitative estimate of drug-likeness (QED) is 0.345. The maximum atomic E-state index is 12.4. The first-order valence-corrected chi connectivity index (χ1v) is 10.4. The third-order valence-corrected chi connectivity index (χ3v) is 5.61. The number of benzene rings is 3. The number of hydrogen-bond donors (Lipinski definition) is 1. The van der Waals surface area contributed by atoms with Gasteiger partial charge in [0, 0.05) is 21.2 Å². The Balaban J connectivity index is 1.58. The summed E-state index contributed by atoms with van der Waals surface area (Å²) < 4.78 is 5.15. The lowest BCUT2D eigenvalue weighted by molar-refractivity contribution is 0.101. The molecule has 0 aromatic heterocycles. The Kier molecular flexibility index (Phi) is 7.20. The van der Waals surface area contributed by atoms with E-state index in [4.69, 9.17) is 27.9 Å². The largest absolute Gasteiger partial charge is 0.497 e. The van der Waals surface area contributed by atoms with E-state index in [0.29, 0.717) is 38.4 Å². The maximum Gasteiger partial charge on any atom is 0.257 e. The van der Waals surface area contributed by atoms with Crippen LogP contribution in [0.25, 0.3) is 0 Å². The number of ketones is 1. The molecule has 3 rings (SSSR count). The molecule has 0 bridgehead atoms. The van der Waals surface area contributed by atoms with Crippen molar-refractivity contribution >= 4 is 52.3 Å². The van der Waals surface area contributed by atoms with Gasteiger partial charge in [-0.2, -0.15) is 0 Å². The first-order valence-electron chi connectivity index (χ1n) is 8.63. The molecule has 1 amide bonds. The molecule has 4 nitrogen and oxygen atoms in total. The Labute approximate surface area is 183 Å². The molecule has 0 saturated carbocycles. The fourth-order valence-electron chi connectivity index (χ4n) is 2.54. The summed E-state index contributed by atoms with van der Waals surface area (Å²) in [7, 11) is 1.57. The lowest BCUT2D eigenvalue weighted by atomic mass is 10.1. The van der Waals surface area contributed by atoms with Gasteiger partial charge in [0.25, 0.3) is 5.91 Å². The maximum absolute atomic E-state index is 12.4. The zero-order valence-corrected chi connectivity index (χ0v) is 17.8. The number of halogens is 2.